The van der Waals surface area contributed by atoms with Crippen molar-refractivity contribution in [2.75, 3.05) is 19.8 Å². The third kappa shape index (κ3) is 1.28. The molecule has 3 rings (SSSR count). The number of hydrogen-bond acceptors (Lipinski definition) is 3. The van der Waals surface area contributed by atoms with Gasteiger partial charge in [-0.2, -0.15) is 0 Å². The summed E-state index contributed by atoms with van der Waals surface area (Å²) in [7, 11) is 0. The van der Waals surface area contributed by atoms with Gasteiger partial charge in [0, 0.05) is 6.54 Å². The standard InChI is InChI=1S/C11H15NO2/c1-8-4-9-2-3-12(5-11(9)14-8)10-6-13-7-10/h4,10H,2-3,5-7H2,1H3. The largest absolute Gasteiger partial charge is 0.465 e. The van der Waals surface area contributed by atoms with Crippen molar-refractivity contribution in [1.82, 2.24) is 4.90 Å². The molecule has 0 spiro atoms. The zero-order valence-electron chi connectivity index (χ0n) is 8.45. The van der Waals surface area contributed by atoms with Gasteiger partial charge in [0.1, 0.15) is 11.5 Å². The molecule has 0 bridgehead atoms. The zero-order chi connectivity index (χ0) is 9.54. The molecule has 2 aliphatic heterocycles. The summed E-state index contributed by atoms with van der Waals surface area (Å²) >= 11 is 0. The molecule has 0 saturated carbocycles. The third-order valence-corrected chi connectivity index (χ3v) is 3.17. The quantitative estimate of drug-likeness (QED) is 0.673. The van der Waals surface area contributed by atoms with Crippen molar-refractivity contribution in [3.63, 3.8) is 0 Å². The summed E-state index contributed by atoms with van der Waals surface area (Å²) in [5, 5.41) is 0. The number of rotatable bonds is 1. The maximum Gasteiger partial charge on any atom is 0.121 e. The average molecular weight is 193 g/mol. The molecule has 1 aromatic rings. The van der Waals surface area contributed by atoms with E-state index in [0.29, 0.717) is 6.04 Å². The summed E-state index contributed by atoms with van der Waals surface area (Å²) in [6.07, 6.45) is 1.13. The lowest BCUT2D eigenvalue weighted by atomic mass is 10.1. The average Bonchev–Trinajstić information content (AvgIpc) is 2.40. The molecule has 0 radical (unpaired) electrons. The van der Waals surface area contributed by atoms with Crippen LogP contribution >= 0.6 is 0 Å². The Balaban J connectivity index is 1.78. The molecular formula is C11H15NO2. The smallest absolute Gasteiger partial charge is 0.121 e. The minimum absolute atomic E-state index is 0.633. The van der Waals surface area contributed by atoms with Crippen LogP contribution in [0.4, 0.5) is 0 Å². The molecule has 0 N–H and O–H groups in total. The minimum Gasteiger partial charge on any atom is -0.465 e. The van der Waals surface area contributed by atoms with Gasteiger partial charge in [0.2, 0.25) is 0 Å². The molecule has 0 amide bonds. The Hall–Kier alpha value is -0.800. The van der Waals surface area contributed by atoms with E-state index in [-0.39, 0.29) is 0 Å². The van der Waals surface area contributed by atoms with Crippen LogP contribution in [-0.2, 0) is 17.7 Å². The first-order chi connectivity index (χ1) is 6.83. The Labute approximate surface area is 83.6 Å². The second kappa shape index (κ2) is 3.11. The number of ether oxygens (including phenoxy) is 1. The fourth-order valence-electron chi connectivity index (χ4n) is 2.23. The van der Waals surface area contributed by atoms with E-state index in [0.717, 1.165) is 38.5 Å². The number of hydrogen-bond donors (Lipinski definition) is 0. The van der Waals surface area contributed by atoms with E-state index in [1.165, 1.54) is 11.3 Å². The summed E-state index contributed by atoms with van der Waals surface area (Å²) in [6, 6.07) is 2.80. The predicted octanol–water partition coefficient (Wildman–Crippen LogP) is 1.34. The molecule has 76 valence electrons. The summed E-state index contributed by atoms with van der Waals surface area (Å²) in [6.45, 7) is 5.94. The molecule has 0 aliphatic carbocycles. The van der Waals surface area contributed by atoms with Gasteiger partial charge in [-0.3, -0.25) is 4.90 Å². The van der Waals surface area contributed by atoms with E-state index in [1.54, 1.807) is 0 Å². The Morgan fingerprint density at radius 2 is 2.29 bits per heavy atom. The zero-order valence-corrected chi connectivity index (χ0v) is 8.45. The van der Waals surface area contributed by atoms with Crippen molar-refractivity contribution in [1.29, 1.82) is 0 Å². The van der Waals surface area contributed by atoms with Gasteiger partial charge in [-0.25, -0.2) is 0 Å². The van der Waals surface area contributed by atoms with E-state index in [4.69, 9.17) is 9.15 Å². The Morgan fingerprint density at radius 3 is 3.00 bits per heavy atom. The minimum atomic E-state index is 0.633. The van der Waals surface area contributed by atoms with Crippen LogP contribution in [0.15, 0.2) is 10.5 Å². The normalized spacial score (nSPS) is 23.2. The van der Waals surface area contributed by atoms with Gasteiger partial charge in [0.05, 0.1) is 25.8 Å². The van der Waals surface area contributed by atoms with Gasteiger partial charge in [-0.15, -0.1) is 0 Å². The molecule has 1 fully saturated rings. The number of aryl methyl sites for hydroxylation is 1. The van der Waals surface area contributed by atoms with Gasteiger partial charge >= 0.3 is 0 Å². The highest BCUT2D eigenvalue weighted by Crippen LogP contribution is 2.25. The molecule has 3 heteroatoms. The first-order valence-electron chi connectivity index (χ1n) is 5.23. The number of fused-ring (bicyclic) bond motifs is 1. The number of nitrogens with zero attached hydrogens (tertiary/aromatic N) is 1. The van der Waals surface area contributed by atoms with Crippen LogP contribution in [0.3, 0.4) is 0 Å². The lowest BCUT2D eigenvalue weighted by molar-refractivity contribution is -0.0714. The van der Waals surface area contributed by atoms with Gasteiger partial charge in [-0.05, 0) is 25.0 Å². The first-order valence-corrected chi connectivity index (χ1v) is 5.23. The molecule has 1 saturated heterocycles. The topological polar surface area (TPSA) is 25.6 Å². The number of furan rings is 1. The molecule has 0 unspecified atom stereocenters. The molecule has 1 aromatic heterocycles. The van der Waals surface area contributed by atoms with Crippen LogP contribution in [0.2, 0.25) is 0 Å². The predicted molar refractivity (Wildman–Crippen MR) is 52.2 cm³/mol. The van der Waals surface area contributed by atoms with Crippen molar-refractivity contribution in [3.8, 4) is 0 Å². The summed E-state index contributed by atoms with van der Waals surface area (Å²) in [4.78, 5) is 2.47. The van der Waals surface area contributed by atoms with Gasteiger partial charge in [-0.1, -0.05) is 0 Å². The molecular weight excluding hydrogens is 178 g/mol. The van der Waals surface area contributed by atoms with Crippen LogP contribution in [0, 0.1) is 6.92 Å². The van der Waals surface area contributed by atoms with E-state index in [2.05, 4.69) is 11.0 Å². The fraction of sp³-hybridized carbons (Fsp3) is 0.636. The van der Waals surface area contributed by atoms with Crippen LogP contribution in [0.25, 0.3) is 0 Å². The molecule has 3 nitrogen and oxygen atoms in total. The van der Waals surface area contributed by atoms with Crippen molar-refractivity contribution in [3.05, 3.63) is 23.2 Å². The molecule has 0 aromatic carbocycles. The highest BCUT2D eigenvalue weighted by atomic mass is 16.5. The van der Waals surface area contributed by atoms with Crippen molar-refractivity contribution in [2.24, 2.45) is 0 Å². The van der Waals surface area contributed by atoms with Gasteiger partial charge in [0.15, 0.2) is 0 Å². The van der Waals surface area contributed by atoms with Gasteiger partial charge < -0.3 is 9.15 Å². The summed E-state index contributed by atoms with van der Waals surface area (Å²) in [5.74, 6) is 2.21. The highest BCUT2D eigenvalue weighted by Gasteiger charge is 2.30. The Bertz CT molecular complexity index is 341. The second-order valence-corrected chi connectivity index (χ2v) is 4.22. The van der Waals surface area contributed by atoms with Crippen molar-refractivity contribution in [2.45, 2.75) is 25.9 Å². The van der Waals surface area contributed by atoms with E-state index in [1.807, 2.05) is 6.92 Å². The fourth-order valence-corrected chi connectivity index (χ4v) is 2.23. The summed E-state index contributed by atoms with van der Waals surface area (Å²) in [5.41, 5.74) is 1.40. The van der Waals surface area contributed by atoms with Gasteiger partial charge in [0.25, 0.3) is 0 Å². The van der Waals surface area contributed by atoms with E-state index >= 15 is 0 Å². The maximum absolute atomic E-state index is 5.67. The Kier molecular flexibility index (Phi) is 1.89. The van der Waals surface area contributed by atoms with Crippen LogP contribution in [-0.4, -0.2) is 30.7 Å². The third-order valence-electron chi connectivity index (χ3n) is 3.17. The second-order valence-electron chi connectivity index (χ2n) is 4.22. The van der Waals surface area contributed by atoms with E-state index in [9.17, 15) is 0 Å². The van der Waals surface area contributed by atoms with E-state index < -0.39 is 0 Å². The highest BCUT2D eigenvalue weighted by molar-refractivity contribution is 5.23. The Morgan fingerprint density at radius 1 is 1.43 bits per heavy atom. The molecule has 2 aliphatic rings. The van der Waals surface area contributed by atoms with Crippen molar-refractivity contribution >= 4 is 0 Å². The first kappa shape index (κ1) is 8.50. The molecule has 3 heterocycles. The monoisotopic (exact) mass is 193 g/mol. The lowest BCUT2D eigenvalue weighted by Gasteiger charge is -2.38. The SMILES string of the molecule is Cc1cc2c(o1)CN(C1COC1)CC2. The van der Waals surface area contributed by atoms with Crippen LogP contribution in [0.5, 0.6) is 0 Å². The molecule has 14 heavy (non-hydrogen) atoms. The summed E-state index contributed by atoms with van der Waals surface area (Å²) < 4.78 is 10.9. The maximum atomic E-state index is 5.67. The van der Waals surface area contributed by atoms with Crippen molar-refractivity contribution < 1.29 is 9.15 Å². The lowest BCUT2D eigenvalue weighted by Crippen LogP contribution is -2.50. The molecule has 0 atom stereocenters. The van der Waals surface area contributed by atoms with Crippen LogP contribution < -0.4 is 0 Å². The van der Waals surface area contributed by atoms with Crippen LogP contribution in [0.1, 0.15) is 17.1 Å².